The molecule has 0 aromatic heterocycles. The van der Waals surface area contributed by atoms with Crippen molar-refractivity contribution in [2.24, 2.45) is 10.9 Å². The number of piperazine rings is 1. The van der Waals surface area contributed by atoms with E-state index in [1.54, 1.807) is 6.07 Å². The van der Waals surface area contributed by atoms with E-state index in [-0.39, 0.29) is 41.6 Å². The Hall–Kier alpha value is -1.58. The molecule has 0 spiro atoms. The van der Waals surface area contributed by atoms with Gasteiger partial charge in [-0.1, -0.05) is 26.0 Å². The molecule has 0 atom stereocenters. The third-order valence-electron chi connectivity index (χ3n) is 4.30. The molecule has 1 aliphatic heterocycles. The lowest BCUT2D eigenvalue weighted by Crippen LogP contribution is -2.53. The zero-order valence-corrected chi connectivity index (χ0v) is 18.7. The first-order chi connectivity index (χ1) is 12.5. The van der Waals surface area contributed by atoms with Gasteiger partial charge < -0.3 is 20.4 Å². The number of guanidine groups is 1. The minimum atomic E-state index is -0.178. The number of benzene rings is 1. The van der Waals surface area contributed by atoms with Crippen molar-refractivity contribution in [3.63, 3.8) is 0 Å². The van der Waals surface area contributed by atoms with Crippen LogP contribution in [0.4, 0.5) is 10.1 Å². The summed E-state index contributed by atoms with van der Waals surface area (Å²) in [7, 11) is 0. The molecule has 0 aliphatic carbocycles. The van der Waals surface area contributed by atoms with E-state index >= 15 is 0 Å². The standard InChI is InChI=1S/C19H30FN5O.HI/c1-4-21-19(23-10-9-22-18(26)15(2)3)25-13-11-24(12-14-25)17-8-6-5-7-16(17)20;/h5-8,15H,4,9-14H2,1-3H3,(H,21,23)(H,22,26);1H. The summed E-state index contributed by atoms with van der Waals surface area (Å²) in [5.41, 5.74) is 0.658. The molecular formula is C19H31FIN5O. The Morgan fingerprint density at radius 2 is 1.85 bits per heavy atom. The number of nitrogens with one attached hydrogen (secondary N) is 2. The monoisotopic (exact) mass is 491 g/mol. The van der Waals surface area contributed by atoms with Crippen LogP contribution in [0.3, 0.4) is 0 Å². The summed E-state index contributed by atoms with van der Waals surface area (Å²) >= 11 is 0. The highest BCUT2D eigenvalue weighted by molar-refractivity contribution is 14.0. The zero-order chi connectivity index (χ0) is 18.9. The third kappa shape index (κ3) is 7.15. The fraction of sp³-hybridized carbons (Fsp3) is 0.579. The maximum atomic E-state index is 14.0. The number of anilines is 1. The van der Waals surface area contributed by atoms with Gasteiger partial charge in [0.1, 0.15) is 5.82 Å². The second-order valence-electron chi connectivity index (χ2n) is 6.61. The number of rotatable bonds is 6. The van der Waals surface area contributed by atoms with E-state index in [0.29, 0.717) is 18.8 Å². The number of carbonyl (C=O) groups is 1. The SMILES string of the molecule is CCNC(=NCCNC(=O)C(C)C)N1CCN(c2ccccc2F)CC1.I. The Balaban J connectivity index is 0.00000364. The normalized spacial score (nSPS) is 14.8. The van der Waals surface area contributed by atoms with E-state index < -0.39 is 0 Å². The first-order valence-electron chi connectivity index (χ1n) is 9.33. The van der Waals surface area contributed by atoms with E-state index in [9.17, 15) is 9.18 Å². The molecule has 6 nitrogen and oxygen atoms in total. The second kappa shape index (κ2) is 12.0. The highest BCUT2D eigenvalue weighted by atomic mass is 127. The van der Waals surface area contributed by atoms with Crippen molar-refractivity contribution >= 4 is 41.5 Å². The highest BCUT2D eigenvalue weighted by Gasteiger charge is 2.21. The molecule has 0 bridgehead atoms. The number of hydrogen-bond donors (Lipinski definition) is 2. The molecule has 0 saturated carbocycles. The maximum absolute atomic E-state index is 14.0. The first kappa shape index (κ1) is 23.5. The quantitative estimate of drug-likeness (QED) is 0.278. The number of nitrogens with zero attached hydrogens (tertiary/aromatic N) is 3. The molecule has 1 fully saturated rings. The molecule has 2 rings (SSSR count). The van der Waals surface area contributed by atoms with Crippen molar-refractivity contribution in [2.45, 2.75) is 20.8 Å². The molecule has 2 N–H and O–H groups in total. The van der Waals surface area contributed by atoms with E-state index in [1.165, 1.54) is 6.07 Å². The number of hydrogen-bond acceptors (Lipinski definition) is 3. The van der Waals surface area contributed by atoms with Gasteiger partial charge in [-0.3, -0.25) is 9.79 Å². The summed E-state index contributed by atoms with van der Waals surface area (Å²) in [5.74, 6) is 0.698. The Labute approximate surface area is 178 Å². The molecule has 1 saturated heterocycles. The summed E-state index contributed by atoms with van der Waals surface area (Å²) in [6.45, 7) is 10.7. The number of amides is 1. The molecule has 27 heavy (non-hydrogen) atoms. The van der Waals surface area contributed by atoms with Crippen LogP contribution in [0, 0.1) is 11.7 Å². The lowest BCUT2D eigenvalue weighted by Gasteiger charge is -2.37. The minimum Gasteiger partial charge on any atom is -0.366 e. The largest absolute Gasteiger partial charge is 0.366 e. The molecule has 1 aliphatic rings. The average molecular weight is 491 g/mol. The van der Waals surface area contributed by atoms with Crippen LogP contribution in [0.5, 0.6) is 0 Å². The molecule has 152 valence electrons. The van der Waals surface area contributed by atoms with E-state index in [1.807, 2.05) is 32.9 Å². The maximum Gasteiger partial charge on any atom is 0.222 e. The van der Waals surface area contributed by atoms with Crippen LogP contribution in [-0.2, 0) is 4.79 Å². The average Bonchev–Trinajstić information content (AvgIpc) is 2.64. The van der Waals surface area contributed by atoms with Crippen molar-refractivity contribution in [3.8, 4) is 0 Å². The fourth-order valence-electron chi connectivity index (χ4n) is 2.84. The number of aliphatic imine (C=N–C) groups is 1. The highest BCUT2D eigenvalue weighted by Crippen LogP contribution is 2.20. The van der Waals surface area contributed by atoms with Crippen molar-refractivity contribution in [1.29, 1.82) is 0 Å². The van der Waals surface area contributed by atoms with Crippen LogP contribution in [0.25, 0.3) is 0 Å². The van der Waals surface area contributed by atoms with Gasteiger partial charge in [-0.05, 0) is 19.1 Å². The van der Waals surface area contributed by atoms with Crippen LogP contribution in [0.2, 0.25) is 0 Å². The first-order valence-corrected chi connectivity index (χ1v) is 9.33. The number of carbonyl (C=O) groups excluding carboxylic acids is 1. The van der Waals surface area contributed by atoms with Gasteiger partial charge in [-0.15, -0.1) is 24.0 Å². The Bertz CT molecular complexity index is 618. The lowest BCUT2D eigenvalue weighted by atomic mass is 10.2. The van der Waals surface area contributed by atoms with Gasteiger partial charge in [0, 0.05) is 45.2 Å². The van der Waals surface area contributed by atoms with Crippen LogP contribution < -0.4 is 15.5 Å². The van der Waals surface area contributed by atoms with Crippen molar-refractivity contribution in [1.82, 2.24) is 15.5 Å². The summed E-state index contributed by atoms with van der Waals surface area (Å²) in [4.78, 5) is 20.5. The van der Waals surface area contributed by atoms with Crippen molar-refractivity contribution in [2.75, 3.05) is 50.7 Å². The number of para-hydroxylation sites is 1. The van der Waals surface area contributed by atoms with Crippen LogP contribution >= 0.6 is 24.0 Å². The minimum absolute atomic E-state index is 0. The Kier molecular flexibility index (Phi) is 10.4. The van der Waals surface area contributed by atoms with Crippen molar-refractivity contribution in [3.05, 3.63) is 30.1 Å². The molecule has 1 aromatic carbocycles. The number of halogens is 2. The van der Waals surface area contributed by atoms with Crippen LogP contribution in [0.15, 0.2) is 29.3 Å². The third-order valence-corrected chi connectivity index (χ3v) is 4.30. The topological polar surface area (TPSA) is 60.0 Å². The van der Waals surface area contributed by atoms with Gasteiger partial charge in [0.05, 0.1) is 12.2 Å². The van der Waals surface area contributed by atoms with Gasteiger partial charge in [0.25, 0.3) is 0 Å². The van der Waals surface area contributed by atoms with Gasteiger partial charge in [0.15, 0.2) is 5.96 Å². The molecule has 8 heteroatoms. The van der Waals surface area contributed by atoms with Gasteiger partial charge in [-0.25, -0.2) is 4.39 Å². The lowest BCUT2D eigenvalue weighted by molar-refractivity contribution is -0.123. The van der Waals surface area contributed by atoms with Crippen molar-refractivity contribution < 1.29 is 9.18 Å². The summed E-state index contributed by atoms with van der Waals surface area (Å²) in [5, 5.41) is 6.17. The molecule has 1 aromatic rings. The van der Waals surface area contributed by atoms with Gasteiger partial charge in [0.2, 0.25) is 5.91 Å². The molecular weight excluding hydrogens is 460 g/mol. The van der Waals surface area contributed by atoms with E-state index in [4.69, 9.17) is 0 Å². The predicted molar refractivity (Wildman–Crippen MR) is 119 cm³/mol. The molecule has 0 unspecified atom stereocenters. The fourth-order valence-corrected chi connectivity index (χ4v) is 2.84. The smallest absolute Gasteiger partial charge is 0.222 e. The molecule has 1 heterocycles. The summed E-state index contributed by atoms with van der Waals surface area (Å²) < 4.78 is 14.0. The van der Waals surface area contributed by atoms with E-state index in [0.717, 1.165) is 38.7 Å². The van der Waals surface area contributed by atoms with Gasteiger partial charge in [-0.2, -0.15) is 0 Å². The Morgan fingerprint density at radius 1 is 1.19 bits per heavy atom. The van der Waals surface area contributed by atoms with E-state index in [2.05, 4.69) is 25.4 Å². The van der Waals surface area contributed by atoms with Crippen LogP contribution in [-0.4, -0.2) is 62.6 Å². The molecule has 1 amide bonds. The Morgan fingerprint density at radius 3 is 2.44 bits per heavy atom. The summed E-state index contributed by atoms with van der Waals surface area (Å²) in [6.07, 6.45) is 0. The predicted octanol–water partition coefficient (Wildman–Crippen LogP) is 2.30. The van der Waals surface area contributed by atoms with Crippen LogP contribution in [0.1, 0.15) is 20.8 Å². The second-order valence-corrected chi connectivity index (χ2v) is 6.61. The summed E-state index contributed by atoms with van der Waals surface area (Å²) in [6, 6.07) is 6.89. The zero-order valence-electron chi connectivity index (χ0n) is 16.4. The molecule has 0 radical (unpaired) electrons. The van der Waals surface area contributed by atoms with Gasteiger partial charge >= 0.3 is 0 Å².